The number of aromatic nitrogens is 3. The molecular formula is C18H21N3O3. The van der Waals surface area contributed by atoms with Crippen molar-refractivity contribution in [3.8, 4) is 0 Å². The molecule has 2 aromatic carbocycles. The molecule has 1 atom stereocenters. The highest BCUT2D eigenvalue weighted by molar-refractivity contribution is 5.73. The fourth-order valence-corrected chi connectivity index (χ4v) is 2.47. The van der Waals surface area contributed by atoms with Crippen molar-refractivity contribution >= 4 is 11.0 Å². The molecule has 0 amide bonds. The lowest BCUT2D eigenvalue weighted by molar-refractivity contribution is -0.291. The van der Waals surface area contributed by atoms with Gasteiger partial charge in [-0.05, 0) is 33.9 Å². The first kappa shape index (κ1) is 16.4. The van der Waals surface area contributed by atoms with E-state index in [-0.39, 0.29) is 12.0 Å². The van der Waals surface area contributed by atoms with Crippen LogP contribution < -0.4 is 4.84 Å². The third kappa shape index (κ3) is 3.39. The van der Waals surface area contributed by atoms with Gasteiger partial charge in [0, 0.05) is 0 Å². The van der Waals surface area contributed by atoms with Crippen molar-refractivity contribution in [2.75, 3.05) is 6.61 Å². The van der Waals surface area contributed by atoms with E-state index in [1.165, 1.54) is 10.4 Å². The van der Waals surface area contributed by atoms with Crippen molar-refractivity contribution in [2.24, 2.45) is 0 Å². The molecule has 1 unspecified atom stereocenters. The summed E-state index contributed by atoms with van der Waals surface area (Å²) in [6, 6.07) is 15.4. The van der Waals surface area contributed by atoms with E-state index in [2.05, 4.69) is 36.0 Å². The van der Waals surface area contributed by atoms with Crippen molar-refractivity contribution in [1.29, 1.82) is 0 Å². The third-order valence-corrected chi connectivity index (χ3v) is 3.95. The molecule has 0 saturated carbocycles. The van der Waals surface area contributed by atoms with Crippen molar-refractivity contribution in [3.63, 3.8) is 0 Å². The first-order valence-electron chi connectivity index (χ1n) is 7.83. The zero-order valence-electron chi connectivity index (χ0n) is 14.0. The number of hydrogen-bond donors (Lipinski definition) is 1. The summed E-state index contributed by atoms with van der Waals surface area (Å²) in [5, 5.41) is 17.2. The lowest BCUT2D eigenvalue weighted by atomic mass is 9.86. The highest BCUT2D eigenvalue weighted by atomic mass is 17.1. The van der Waals surface area contributed by atoms with Crippen LogP contribution in [0.5, 0.6) is 0 Å². The van der Waals surface area contributed by atoms with Crippen LogP contribution in [0.3, 0.4) is 0 Å². The van der Waals surface area contributed by atoms with E-state index in [0.717, 1.165) is 16.6 Å². The van der Waals surface area contributed by atoms with Crippen molar-refractivity contribution in [3.05, 3.63) is 59.7 Å². The number of hydrogen-bond acceptors (Lipinski definition) is 5. The predicted octanol–water partition coefficient (Wildman–Crippen LogP) is 3.39. The monoisotopic (exact) mass is 327 g/mol. The maximum Gasteiger partial charge on any atom is 0.154 e. The Hall–Kier alpha value is -2.44. The molecule has 3 rings (SSSR count). The smallest absolute Gasteiger partial charge is 0.154 e. The van der Waals surface area contributed by atoms with Gasteiger partial charge in [0.15, 0.2) is 12.7 Å². The van der Waals surface area contributed by atoms with Gasteiger partial charge in [-0.2, -0.15) is 0 Å². The topological polar surface area (TPSA) is 69.4 Å². The molecule has 0 saturated heterocycles. The molecule has 0 aliphatic carbocycles. The first-order chi connectivity index (χ1) is 11.5. The zero-order valence-corrected chi connectivity index (χ0v) is 14.0. The summed E-state index contributed by atoms with van der Waals surface area (Å²) in [6.07, 6.45) is -0.609. The summed E-state index contributed by atoms with van der Waals surface area (Å²) in [4.78, 5) is 11.5. The average molecular weight is 327 g/mol. The van der Waals surface area contributed by atoms with Crippen LogP contribution in [0.25, 0.3) is 11.0 Å². The second kappa shape index (κ2) is 6.59. The summed E-state index contributed by atoms with van der Waals surface area (Å²) in [6.45, 7) is 6.57. The quantitative estimate of drug-likeness (QED) is 0.574. The first-order valence-corrected chi connectivity index (χ1v) is 7.83. The van der Waals surface area contributed by atoms with Crippen LogP contribution in [-0.2, 0) is 10.3 Å². The second-order valence-corrected chi connectivity index (χ2v) is 6.71. The van der Waals surface area contributed by atoms with E-state index in [0.29, 0.717) is 0 Å². The predicted molar refractivity (Wildman–Crippen MR) is 90.6 cm³/mol. The molecule has 0 aliphatic rings. The van der Waals surface area contributed by atoms with E-state index >= 15 is 0 Å². The van der Waals surface area contributed by atoms with Crippen LogP contribution in [-0.4, -0.2) is 27.0 Å². The van der Waals surface area contributed by atoms with E-state index < -0.39 is 6.10 Å². The van der Waals surface area contributed by atoms with Gasteiger partial charge in [-0.3, -0.25) is 5.26 Å². The van der Waals surface area contributed by atoms with E-state index in [1.54, 1.807) is 0 Å². The molecule has 0 spiro atoms. The minimum atomic E-state index is -0.609. The Bertz CT molecular complexity index is 806. The molecule has 0 aliphatic heterocycles. The van der Waals surface area contributed by atoms with Gasteiger partial charge in [0.1, 0.15) is 11.0 Å². The van der Waals surface area contributed by atoms with E-state index in [4.69, 9.17) is 4.84 Å². The highest BCUT2D eigenvalue weighted by Crippen LogP contribution is 2.25. The average Bonchev–Trinajstić information content (AvgIpc) is 2.98. The second-order valence-electron chi connectivity index (χ2n) is 6.71. The maximum atomic E-state index is 9.23. The van der Waals surface area contributed by atoms with Crippen molar-refractivity contribution < 1.29 is 15.0 Å². The normalized spacial score (nSPS) is 13.2. The molecule has 6 heteroatoms. The number of nitrogens with zero attached hydrogens (tertiary/aromatic N) is 3. The molecule has 0 bridgehead atoms. The van der Waals surface area contributed by atoms with Gasteiger partial charge in [0.05, 0.1) is 0 Å². The fourth-order valence-electron chi connectivity index (χ4n) is 2.47. The number of para-hydroxylation sites is 1. The van der Waals surface area contributed by atoms with Crippen LogP contribution in [0, 0.1) is 0 Å². The van der Waals surface area contributed by atoms with Crippen LogP contribution in [0.2, 0.25) is 0 Å². The Balaban J connectivity index is 1.73. The fraction of sp³-hybridized carbons (Fsp3) is 0.333. The Labute approximate surface area is 140 Å². The summed E-state index contributed by atoms with van der Waals surface area (Å²) < 4.78 is 0. The Morgan fingerprint density at radius 3 is 2.46 bits per heavy atom. The lowest BCUT2D eigenvalue weighted by Gasteiger charge is -2.20. The van der Waals surface area contributed by atoms with E-state index in [1.807, 2.05) is 48.5 Å². The van der Waals surface area contributed by atoms with Crippen LogP contribution in [0.4, 0.5) is 0 Å². The van der Waals surface area contributed by atoms with Crippen molar-refractivity contribution in [1.82, 2.24) is 15.2 Å². The lowest BCUT2D eigenvalue weighted by Crippen LogP contribution is -2.21. The number of benzene rings is 2. The molecule has 1 N–H and O–H groups in total. The molecule has 1 aromatic heterocycles. The number of fused-ring (bicyclic) bond motifs is 1. The van der Waals surface area contributed by atoms with Gasteiger partial charge >= 0.3 is 0 Å². The maximum absolute atomic E-state index is 9.23. The minimum Gasteiger partial charge on any atom is -0.392 e. The Kier molecular flexibility index (Phi) is 4.51. The molecule has 1 heterocycles. The zero-order chi connectivity index (χ0) is 17.2. The minimum absolute atomic E-state index is 0.0737. The summed E-state index contributed by atoms with van der Waals surface area (Å²) in [5.41, 5.74) is 3.62. The van der Waals surface area contributed by atoms with Gasteiger partial charge < -0.3 is 4.84 Å². The van der Waals surface area contributed by atoms with Gasteiger partial charge in [-0.25, -0.2) is 4.89 Å². The van der Waals surface area contributed by atoms with Crippen LogP contribution in [0.15, 0.2) is 48.5 Å². The molecular weight excluding hydrogens is 306 g/mol. The molecule has 126 valence electrons. The molecule has 0 fully saturated rings. The Morgan fingerprint density at radius 1 is 1.08 bits per heavy atom. The molecule has 24 heavy (non-hydrogen) atoms. The summed E-state index contributed by atoms with van der Waals surface area (Å²) >= 11 is 0. The molecule has 0 radical (unpaired) electrons. The van der Waals surface area contributed by atoms with Crippen molar-refractivity contribution in [2.45, 2.75) is 32.3 Å². The molecule has 3 aromatic rings. The summed E-state index contributed by atoms with van der Waals surface area (Å²) in [7, 11) is 0. The van der Waals surface area contributed by atoms with Gasteiger partial charge in [0.2, 0.25) is 0 Å². The van der Waals surface area contributed by atoms with Crippen LogP contribution in [0.1, 0.15) is 38.0 Å². The largest absolute Gasteiger partial charge is 0.392 e. The third-order valence-electron chi connectivity index (χ3n) is 3.95. The Morgan fingerprint density at radius 2 is 1.79 bits per heavy atom. The van der Waals surface area contributed by atoms with Gasteiger partial charge in [0.25, 0.3) is 0 Å². The highest BCUT2D eigenvalue weighted by Gasteiger charge is 2.18. The van der Waals surface area contributed by atoms with E-state index in [9.17, 15) is 5.26 Å². The van der Waals surface area contributed by atoms with Gasteiger partial charge in [-0.15, -0.1) is 5.10 Å². The SMILES string of the molecule is CC(C)(C)c1ccc(C(COn2nnc3ccccc32)OO)cc1. The van der Waals surface area contributed by atoms with Gasteiger partial charge in [-0.1, -0.05) is 62.0 Å². The standard InChI is InChI=1S/C18H21N3O3/c1-18(2,3)14-10-8-13(9-11-14)17(24-22)12-23-21-16-7-5-4-6-15(16)19-20-21/h4-11,17,22H,12H2,1-3H3. The summed E-state index contributed by atoms with van der Waals surface area (Å²) in [5.74, 6) is 0. The van der Waals surface area contributed by atoms with Crippen LogP contribution >= 0.6 is 0 Å². The number of rotatable bonds is 5. The molecule has 6 nitrogen and oxygen atoms in total.